The molecule has 5 heteroatoms. The van der Waals surface area contributed by atoms with Gasteiger partial charge in [-0.3, -0.25) is 0 Å². The lowest BCUT2D eigenvalue weighted by atomic mass is 9.72. The van der Waals surface area contributed by atoms with Gasteiger partial charge in [-0.25, -0.2) is 9.59 Å². The maximum absolute atomic E-state index is 12.3. The quantitative estimate of drug-likeness (QED) is 0.337. The van der Waals surface area contributed by atoms with Gasteiger partial charge in [0, 0.05) is 17.6 Å². The summed E-state index contributed by atoms with van der Waals surface area (Å²) in [5.74, 6) is -0.671. The van der Waals surface area contributed by atoms with Crippen molar-refractivity contribution in [1.82, 2.24) is 0 Å². The maximum Gasteiger partial charge on any atom is 0.338 e. The Hall–Kier alpha value is -2.04. The summed E-state index contributed by atoms with van der Waals surface area (Å²) in [5.41, 5.74) is 3.93. The number of rotatable bonds is 2. The van der Waals surface area contributed by atoms with Crippen molar-refractivity contribution in [3.05, 3.63) is 34.6 Å². The van der Waals surface area contributed by atoms with Crippen LogP contribution in [0.3, 0.4) is 0 Å². The Morgan fingerprint density at radius 2 is 2.04 bits per heavy atom. The second kappa shape index (κ2) is 5.23. The molecule has 4 rings (SSSR count). The average molecular weight is 330 g/mol. The number of cyclic esters (lactones) is 1. The van der Waals surface area contributed by atoms with Gasteiger partial charge in [-0.2, -0.15) is 0 Å². The lowest BCUT2D eigenvalue weighted by Gasteiger charge is -2.34. The molecule has 4 aliphatic rings. The molecule has 2 heterocycles. The van der Waals surface area contributed by atoms with Crippen molar-refractivity contribution in [3.8, 4) is 0 Å². The van der Waals surface area contributed by atoms with Crippen LogP contribution in [-0.2, 0) is 23.8 Å². The fourth-order valence-electron chi connectivity index (χ4n) is 4.46. The van der Waals surface area contributed by atoms with Crippen LogP contribution in [0.15, 0.2) is 34.6 Å². The Morgan fingerprint density at radius 3 is 2.75 bits per heavy atom. The summed E-state index contributed by atoms with van der Waals surface area (Å²) >= 11 is 0. The van der Waals surface area contributed by atoms with Crippen LogP contribution in [0.5, 0.6) is 0 Å². The number of hydrogen-bond donors (Lipinski definition) is 0. The number of ether oxygens (including phenoxy) is 3. The molecule has 0 bridgehead atoms. The molecule has 0 aromatic rings. The minimum Gasteiger partial charge on any atom is -0.458 e. The minimum atomic E-state index is -0.753. The van der Waals surface area contributed by atoms with Gasteiger partial charge in [0.25, 0.3) is 6.29 Å². The number of fused-ring (bicyclic) bond motifs is 2. The number of hydrogen-bond acceptors (Lipinski definition) is 5. The predicted octanol–water partition coefficient (Wildman–Crippen LogP) is 3.17. The van der Waals surface area contributed by atoms with Gasteiger partial charge in [-0.05, 0) is 43.6 Å². The fraction of sp³-hybridized carbons (Fsp3) is 0.579. The first-order valence-corrected chi connectivity index (χ1v) is 8.55. The van der Waals surface area contributed by atoms with Crippen LogP contribution in [0.2, 0.25) is 0 Å². The van der Waals surface area contributed by atoms with Gasteiger partial charge in [-0.1, -0.05) is 19.4 Å². The van der Waals surface area contributed by atoms with E-state index in [0.29, 0.717) is 11.1 Å². The van der Waals surface area contributed by atoms with E-state index in [2.05, 4.69) is 13.8 Å². The molecule has 1 fully saturated rings. The van der Waals surface area contributed by atoms with Gasteiger partial charge < -0.3 is 14.2 Å². The summed E-state index contributed by atoms with van der Waals surface area (Å²) in [4.78, 5) is 23.7. The summed E-state index contributed by atoms with van der Waals surface area (Å²) in [6.45, 7) is 6.15. The highest BCUT2D eigenvalue weighted by Crippen LogP contribution is 2.54. The van der Waals surface area contributed by atoms with Gasteiger partial charge in [0.05, 0.1) is 11.8 Å². The molecule has 0 N–H and O–H groups in total. The van der Waals surface area contributed by atoms with Crippen molar-refractivity contribution >= 4 is 11.9 Å². The third kappa shape index (κ3) is 2.29. The first-order valence-electron chi connectivity index (χ1n) is 8.55. The number of carbonyl (C=O) groups excluding carboxylic acids is 2. The Balaban J connectivity index is 1.55. The van der Waals surface area contributed by atoms with E-state index in [9.17, 15) is 9.59 Å². The fourth-order valence-corrected chi connectivity index (χ4v) is 4.46. The monoisotopic (exact) mass is 330 g/mol. The van der Waals surface area contributed by atoms with Crippen LogP contribution >= 0.6 is 0 Å². The Bertz CT molecular complexity index is 709. The molecule has 0 spiro atoms. The van der Waals surface area contributed by atoms with E-state index >= 15 is 0 Å². The topological polar surface area (TPSA) is 61.8 Å². The van der Waals surface area contributed by atoms with E-state index in [0.717, 1.165) is 19.3 Å². The van der Waals surface area contributed by atoms with Crippen molar-refractivity contribution in [2.75, 3.05) is 0 Å². The van der Waals surface area contributed by atoms with Crippen LogP contribution in [0.1, 0.15) is 46.5 Å². The van der Waals surface area contributed by atoms with Crippen molar-refractivity contribution in [3.63, 3.8) is 0 Å². The Labute approximate surface area is 141 Å². The smallest absolute Gasteiger partial charge is 0.338 e. The molecule has 2 aliphatic heterocycles. The molecular weight excluding hydrogens is 308 g/mol. The zero-order valence-electron chi connectivity index (χ0n) is 14.3. The lowest BCUT2D eigenvalue weighted by molar-refractivity contribution is -0.152. The standard InChI is InChI=1S/C19H22O5/c1-10-7-14(23-17(10)20)22-9-13-12-8-11-5-4-6-19(2,3)15(11)16(12)24-18(13)21/h7,9,12,14,16H,4-6,8H2,1-3H3/t12?,14-,16+/m1/s1. The number of carbonyl (C=O) groups is 2. The van der Waals surface area contributed by atoms with Crippen molar-refractivity contribution in [2.45, 2.75) is 58.8 Å². The summed E-state index contributed by atoms with van der Waals surface area (Å²) in [6.07, 6.45) is 6.42. The van der Waals surface area contributed by atoms with E-state index in [1.54, 1.807) is 13.0 Å². The molecule has 0 aromatic carbocycles. The summed E-state index contributed by atoms with van der Waals surface area (Å²) in [5, 5.41) is 0. The summed E-state index contributed by atoms with van der Waals surface area (Å²) in [6, 6.07) is 0. The van der Waals surface area contributed by atoms with Gasteiger partial charge in [0.2, 0.25) is 0 Å². The Kier molecular flexibility index (Phi) is 3.37. The lowest BCUT2D eigenvalue weighted by Crippen LogP contribution is -2.27. The molecule has 3 atom stereocenters. The second-order valence-electron chi connectivity index (χ2n) is 7.72. The molecule has 0 radical (unpaired) electrons. The SMILES string of the molecule is CC1=C[C@H](OC=C2C(=O)O[C@@H]3C4=C(CCCC4(C)C)CC23)OC1=O. The summed E-state index contributed by atoms with van der Waals surface area (Å²) in [7, 11) is 0. The molecule has 5 nitrogen and oxygen atoms in total. The van der Waals surface area contributed by atoms with Gasteiger partial charge >= 0.3 is 11.9 Å². The number of esters is 2. The maximum atomic E-state index is 12.3. The minimum absolute atomic E-state index is 0.0297. The van der Waals surface area contributed by atoms with E-state index < -0.39 is 6.29 Å². The summed E-state index contributed by atoms with van der Waals surface area (Å²) < 4.78 is 16.2. The molecular formula is C19H22O5. The highest BCUT2D eigenvalue weighted by Gasteiger charge is 2.52. The number of allylic oxidation sites excluding steroid dienone is 1. The van der Waals surface area contributed by atoms with E-state index in [1.807, 2.05) is 0 Å². The van der Waals surface area contributed by atoms with Gasteiger partial charge in [0.15, 0.2) is 0 Å². The first kappa shape index (κ1) is 15.5. The molecule has 2 aliphatic carbocycles. The van der Waals surface area contributed by atoms with Crippen LogP contribution in [-0.4, -0.2) is 24.3 Å². The molecule has 0 amide bonds. The van der Waals surface area contributed by atoms with Crippen LogP contribution in [0, 0.1) is 11.3 Å². The molecule has 128 valence electrons. The Morgan fingerprint density at radius 1 is 1.25 bits per heavy atom. The van der Waals surface area contributed by atoms with Gasteiger partial charge in [0.1, 0.15) is 6.10 Å². The third-order valence-electron chi connectivity index (χ3n) is 5.64. The van der Waals surface area contributed by atoms with Crippen LogP contribution < -0.4 is 0 Å². The third-order valence-corrected chi connectivity index (χ3v) is 5.64. The van der Waals surface area contributed by atoms with Crippen LogP contribution in [0.25, 0.3) is 0 Å². The normalized spacial score (nSPS) is 35.5. The highest BCUT2D eigenvalue weighted by atomic mass is 16.7. The molecule has 0 aromatic heterocycles. The highest BCUT2D eigenvalue weighted by molar-refractivity contribution is 5.92. The van der Waals surface area contributed by atoms with E-state index in [4.69, 9.17) is 14.2 Å². The first-order chi connectivity index (χ1) is 11.4. The molecule has 1 saturated heterocycles. The zero-order valence-corrected chi connectivity index (χ0v) is 14.3. The van der Waals surface area contributed by atoms with Gasteiger partial charge in [-0.15, -0.1) is 0 Å². The largest absolute Gasteiger partial charge is 0.458 e. The van der Waals surface area contributed by atoms with E-state index in [-0.39, 0.29) is 29.4 Å². The van der Waals surface area contributed by atoms with E-state index in [1.165, 1.54) is 23.8 Å². The molecule has 1 unspecified atom stereocenters. The molecule has 24 heavy (non-hydrogen) atoms. The van der Waals surface area contributed by atoms with Crippen molar-refractivity contribution in [1.29, 1.82) is 0 Å². The van der Waals surface area contributed by atoms with Crippen molar-refractivity contribution in [2.24, 2.45) is 11.3 Å². The zero-order chi connectivity index (χ0) is 17.1. The van der Waals surface area contributed by atoms with Crippen LogP contribution in [0.4, 0.5) is 0 Å². The van der Waals surface area contributed by atoms with Crippen molar-refractivity contribution < 1.29 is 23.8 Å². The second-order valence-corrected chi connectivity index (χ2v) is 7.72. The average Bonchev–Trinajstić information content (AvgIpc) is 3.10. The predicted molar refractivity (Wildman–Crippen MR) is 85.5 cm³/mol. The molecule has 0 saturated carbocycles.